The lowest BCUT2D eigenvalue weighted by Gasteiger charge is -2.05. The summed E-state index contributed by atoms with van der Waals surface area (Å²) < 4.78 is 39.6. The normalized spacial score (nSPS) is 11.0. The fourth-order valence-electron chi connectivity index (χ4n) is 0.715. The zero-order valence-corrected chi connectivity index (χ0v) is 6.72. The predicted octanol–water partition coefficient (Wildman–Crippen LogP) is 1.10. The van der Waals surface area contributed by atoms with E-state index in [-0.39, 0.29) is 17.3 Å². The summed E-state index contributed by atoms with van der Waals surface area (Å²) in [6.45, 7) is -1.30. The summed E-state index contributed by atoms with van der Waals surface area (Å²) in [5.41, 5.74) is 4.89. The van der Waals surface area contributed by atoms with Crippen molar-refractivity contribution in [3.8, 4) is 6.07 Å². The lowest BCUT2D eigenvalue weighted by molar-refractivity contribution is -0.115. The van der Waals surface area contributed by atoms with Gasteiger partial charge in [0.15, 0.2) is 11.4 Å². The van der Waals surface area contributed by atoms with E-state index in [2.05, 4.69) is 9.68 Å². The Balaban J connectivity index is 2.74. The van der Waals surface area contributed by atoms with E-state index in [1.807, 2.05) is 5.32 Å². The highest BCUT2D eigenvalue weighted by Gasteiger charge is 2.28. The second-order valence-electron chi connectivity index (χ2n) is 2.35. The molecule has 76 valence electrons. The molecule has 0 atom stereocenters. The molecule has 0 aliphatic carbocycles. The number of halogens is 3. The number of nitrogens with one attached hydrogen (secondary N) is 1. The molecule has 0 aliphatic heterocycles. The van der Waals surface area contributed by atoms with Crippen molar-refractivity contribution in [1.82, 2.24) is 5.16 Å². The first-order valence-electron chi connectivity index (χ1n) is 3.40. The SMILES string of the molecule is N#Cc1c(NCC(F)(F)F)noc1N. The van der Waals surface area contributed by atoms with Crippen molar-refractivity contribution in [2.75, 3.05) is 17.6 Å². The van der Waals surface area contributed by atoms with Crippen molar-refractivity contribution in [1.29, 1.82) is 5.26 Å². The van der Waals surface area contributed by atoms with Crippen molar-refractivity contribution >= 4 is 11.7 Å². The zero-order chi connectivity index (χ0) is 10.8. The van der Waals surface area contributed by atoms with Gasteiger partial charge in [-0.25, -0.2) is 0 Å². The van der Waals surface area contributed by atoms with E-state index in [4.69, 9.17) is 11.0 Å². The average Bonchev–Trinajstić information content (AvgIpc) is 2.41. The van der Waals surface area contributed by atoms with Crippen LogP contribution < -0.4 is 11.1 Å². The largest absolute Gasteiger partial charge is 0.405 e. The Kier molecular flexibility index (Phi) is 2.51. The van der Waals surface area contributed by atoms with Gasteiger partial charge in [-0.05, 0) is 0 Å². The van der Waals surface area contributed by atoms with E-state index >= 15 is 0 Å². The van der Waals surface area contributed by atoms with Gasteiger partial charge in [-0.2, -0.15) is 18.4 Å². The molecule has 0 aliphatic rings. The molecule has 0 spiro atoms. The minimum Gasteiger partial charge on any atom is -0.366 e. The van der Waals surface area contributed by atoms with Crippen molar-refractivity contribution in [3.63, 3.8) is 0 Å². The number of anilines is 2. The average molecular weight is 206 g/mol. The molecular weight excluding hydrogens is 201 g/mol. The Hall–Kier alpha value is -1.91. The van der Waals surface area contributed by atoms with Gasteiger partial charge in [0.25, 0.3) is 0 Å². The van der Waals surface area contributed by atoms with Gasteiger partial charge >= 0.3 is 6.18 Å². The van der Waals surface area contributed by atoms with Crippen LogP contribution >= 0.6 is 0 Å². The molecular formula is C6H5F3N4O. The first-order valence-corrected chi connectivity index (χ1v) is 3.40. The zero-order valence-electron chi connectivity index (χ0n) is 6.72. The minimum atomic E-state index is -4.39. The third-order valence-electron chi connectivity index (χ3n) is 1.29. The van der Waals surface area contributed by atoms with E-state index in [0.29, 0.717) is 0 Å². The second kappa shape index (κ2) is 3.45. The van der Waals surface area contributed by atoms with Gasteiger partial charge < -0.3 is 15.6 Å². The Labute approximate surface area is 76.3 Å². The molecule has 3 N–H and O–H groups in total. The van der Waals surface area contributed by atoms with Gasteiger partial charge in [-0.3, -0.25) is 0 Å². The highest BCUT2D eigenvalue weighted by molar-refractivity contribution is 5.61. The van der Waals surface area contributed by atoms with Crippen LogP contribution in [0.4, 0.5) is 24.9 Å². The topological polar surface area (TPSA) is 87.9 Å². The Morgan fingerprint density at radius 1 is 1.57 bits per heavy atom. The van der Waals surface area contributed by atoms with Crippen LogP contribution in [0.1, 0.15) is 5.56 Å². The molecule has 1 rings (SSSR count). The van der Waals surface area contributed by atoms with Crippen LogP contribution in [-0.4, -0.2) is 17.9 Å². The summed E-state index contributed by atoms with van der Waals surface area (Å²) in [5, 5.41) is 13.5. The third kappa shape index (κ3) is 2.29. The molecule has 1 aromatic heterocycles. The van der Waals surface area contributed by atoms with E-state index in [1.54, 1.807) is 6.07 Å². The van der Waals surface area contributed by atoms with Gasteiger partial charge in [0, 0.05) is 0 Å². The number of rotatable bonds is 2. The molecule has 0 unspecified atom stereocenters. The van der Waals surface area contributed by atoms with Crippen LogP contribution in [-0.2, 0) is 0 Å². The number of nitrogens with zero attached hydrogens (tertiary/aromatic N) is 2. The molecule has 0 saturated carbocycles. The number of alkyl halides is 3. The number of nitrogen functional groups attached to an aromatic ring is 1. The second-order valence-corrected chi connectivity index (χ2v) is 2.35. The standard InChI is InChI=1S/C6H5F3N4O/c7-6(8,9)2-12-5-3(1-10)4(11)14-13-5/h2,11H2,(H,12,13). The van der Waals surface area contributed by atoms with Crippen LogP contribution in [0.25, 0.3) is 0 Å². The fourth-order valence-corrected chi connectivity index (χ4v) is 0.715. The van der Waals surface area contributed by atoms with Crippen molar-refractivity contribution in [2.24, 2.45) is 0 Å². The summed E-state index contributed by atoms with van der Waals surface area (Å²) in [6.07, 6.45) is -4.39. The summed E-state index contributed by atoms with van der Waals surface area (Å²) >= 11 is 0. The molecule has 0 bridgehead atoms. The van der Waals surface area contributed by atoms with Crippen molar-refractivity contribution in [2.45, 2.75) is 6.18 Å². The molecule has 14 heavy (non-hydrogen) atoms. The molecule has 0 aromatic carbocycles. The molecule has 0 fully saturated rings. The number of nitriles is 1. The van der Waals surface area contributed by atoms with E-state index in [1.165, 1.54) is 0 Å². The van der Waals surface area contributed by atoms with Gasteiger partial charge in [0.05, 0.1) is 0 Å². The molecule has 1 heterocycles. The van der Waals surface area contributed by atoms with Gasteiger partial charge in [0.1, 0.15) is 12.6 Å². The molecule has 0 amide bonds. The molecule has 0 radical (unpaired) electrons. The first-order chi connectivity index (χ1) is 6.44. The van der Waals surface area contributed by atoms with Crippen molar-refractivity contribution in [3.05, 3.63) is 5.56 Å². The van der Waals surface area contributed by atoms with Crippen LogP contribution in [0, 0.1) is 11.3 Å². The quantitative estimate of drug-likeness (QED) is 0.756. The summed E-state index contributed by atoms with van der Waals surface area (Å²) in [7, 11) is 0. The molecule has 0 saturated heterocycles. The lowest BCUT2D eigenvalue weighted by atomic mass is 10.3. The lowest BCUT2D eigenvalue weighted by Crippen LogP contribution is -2.21. The van der Waals surface area contributed by atoms with E-state index in [9.17, 15) is 13.2 Å². The third-order valence-corrected chi connectivity index (χ3v) is 1.29. The van der Waals surface area contributed by atoms with Gasteiger partial charge in [0.2, 0.25) is 5.88 Å². The van der Waals surface area contributed by atoms with Crippen LogP contribution in [0.3, 0.4) is 0 Å². The van der Waals surface area contributed by atoms with Gasteiger partial charge in [-0.1, -0.05) is 5.16 Å². The first kappa shape index (κ1) is 10.2. The fraction of sp³-hybridized carbons (Fsp3) is 0.333. The Morgan fingerprint density at radius 3 is 2.71 bits per heavy atom. The summed E-state index contributed by atoms with van der Waals surface area (Å²) in [4.78, 5) is 0. The Bertz CT molecular complexity index is 364. The number of aromatic nitrogens is 1. The minimum absolute atomic E-state index is 0.228. The Morgan fingerprint density at radius 2 is 2.21 bits per heavy atom. The van der Waals surface area contributed by atoms with Gasteiger partial charge in [-0.15, -0.1) is 0 Å². The van der Waals surface area contributed by atoms with Crippen LogP contribution in [0.5, 0.6) is 0 Å². The van der Waals surface area contributed by atoms with Crippen LogP contribution in [0.2, 0.25) is 0 Å². The summed E-state index contributed by atoms with van der Waals surface area (Å²) in [5.74, 6) is -0.612. The molecule has 1 aromatic rings. The molecule has 8 heteroatoms. The molecule has 5 nitrogen and oxygen atoms in total. The monoisotopic (exact) mass is 206 g/mol. The van der Waals surface area contributed by atoms with E-state index in [0.717, 1.165) is 0 Å². The number of hydrogen-bond acceptors (Lipinski definition) is 5. The predicted molar refractivity (Wildman–Crippen MR) is 40.2 cm³/mol. The van der Waals surface area contributed by atoms with E-state index < -0.39 is 12.7 Å². The highest BCUT2D eigenvalue weighted by Crippen LogP contribution is 2.22. The summed E-state index contributed by atoms with van der Waals surface area (Å²) in [6, 6.07) is 1.57. The maximum absolute atomic E-state index is 11.7. The number of nitrogens with two attached hydrogens (primary N) is 1. The maximum atomic E-state index is 11.7. The number of hydrogen-bond donors (Lipinski definition) is 2. The highest BCUT2D eigenvalue weighted by atomic mass is 19.4. The smallest absolute Gasteiger partial charge is 0.366 e. The maximum Gasteiger partial charge on any atom is 0.405 e. The van der Waals surface area contributed by atoms with Crippen LogP contribution in [0.15, 0.2) is 4.52 Å². The van der Waals surface area contributed by atoms with Crippen molar-refractivity contribution < 1.29 is 17.7 Å².